The number of rotatable bonds is 2. The Balaban J connectivity index is 2.41. The highest BCUT2D eigenvalue weighted by atomic mass is 15.2. The first-order valence-corrected chi connectivity index (χ1v) is 3.47. The normalized spacial score (nSPS) is 26.8. The van der Waals surface area contributed by atoms with Crippen LogP contribution in [0.2, 0.25) is 0 Å². The van der Waals surface area contributed by atoms with Crippen LogP contribution in [0.4, 0.5) is 0 Å². The molecule has 0 aromatic rings. The third-order valence-electron chi connectivity index (χ3n) is 1.93. The second-order valence-corrected chi connectivity index (χ2v) is 2.45. The van der Waals surface area contributed by atoms with E-state index in [1.807, 2.05) is 6.20 Å². The molecule has 1 aliphatic rings. The standard InChI is InChI=1S/C7H14N2/c1-2-9-5-3-4-7(9)6-8/h2,7H,1,3-6,8H2/t7-/m0/s1. The molecule has 0 saturated carbocycles. The van der Waals surface area contributed by atoms with Crippen molar-refractivity contribution in [2.24, 2.45) is 5.73 Å². The average molecular weight is 126 g/mol. The molecule has 0 aromatic heterocycles. The predicted octanol–water partition coefficient (Wildman–Crippen LogP) is 0.553. The molecule has 0 aliphatic carbocycles. The lowest BCUT2D eigenvalue weighted by molar-refractivity contribution is 0.357. The van der Waals surface area contributed by atoms with Crippen molar-refractivity contribution in [1.82, 2.24) is 4.90 Å². The molecule has 0 aromatic carbocycles. The minimum Gasteiger partial charge on any atom is -0.374 e. The Morgan fingerprint density at radius 2 is 2.56 bits per heavy atom. The van der Waals surface area contributed by atoms with E-state index in [4.69, 9.17) is 5.73 Å². The Labute approximate surface area is 56.3 Å². The van der Waals surface area contributed by atoms with Gasteiger partial charge in [0.05, 0.1) is 0 Å². The van der Waals surface area contributed by atoms with Crippen LogP contribution in [0, 0.1) is 0 Å². The van der Waals surface area contributed by atoms with Crippen LogP contribution in [0.3, 0.4) is 0 Å². The molecule has 0 amide bonds. The molecule has 52 valence electrons. The second-order valence-electron chi connectivity index (χ2n) is 2.45. The van der Waals surface area contributed by atoms with Gasteiger partial charge in [0.25, 0.3) is 0 Å². The summed E-state index contributed by atoms with van der Waals surface area (Å²) in [7, 11) is 0. The zero-order chi connectivity index (χ0) is 6.69. The number of hydrogen-bond acceptors (Lipinski definition) is 2. The van der Waals surface area contributed by atoms with Gasteiger partial charge in [-0.2, -0.15) is 0 Å². The maximum atomic E-state index is 5.51. The maximum absolute atomic E-state index is 5.51. The summed E-state index contributed by atoms with van der Waals surface area (Å²) in [4.78, 5) is 2.22. The van der Waals surface area contributed by atoms with Crippen LogP contribution in [0.25, 0.3) is 0 Å². The van der Waals surface area contributed by atoms with Crippen molar-refractivity contribution >= 4 is 0 Å². The molecular weight excluding hydrogens is 112 g/mol. The highest BCUT2D eigenvalue weighted by Crippen LogP contribution is 2.15. The summed E-state index contributed by atoms with van der Waals surface area (Å²) < 4.78 is 0. The van der Waals surface area contributed by atoms with Crippen LogP contribution in [-0.4, -0.2) is 24.0 Å². The van der Waals surface area contributed by atoms with E-state index >= 15 is 0 Å². The number of hydrogen-bond donors (Lipinski definition) is 1. The molecule has 9 heavy (non-hydrogen) atoms. The zero-order valence-corrected chi connectivity index (χ0v) is 5.71. The van der Waals surface area contributed by atoms with Crippen LogP contribution in [0.15, 0.2) is 12.8 Å². The van der Waals surface area contributed by atoms with E-state index in [1.54, 1.807) is 0 Å². The van der Waals surface area contributed by atoms with Crippen molar-refractivity contribution in [3.05, 3.63) is 12.8 Å². The first kappa shape index (κ1) is 6.62. The third-order valence-corrected chi connectivity index (χ3v) is 1.93. The molecule has 2 nitrogen and oxygen atoms in total. The first-order chi connectivity index (χ1) is 4.38. The second kappa shape index (κ2) is 2.87. The monoisotopic (exact) mass is 126 g/mol. The summed E-state index contributed by atoms with van der Waals surface area (Å²) in [6.45, 7) is 5.63. The van der Waals surface area contributed by atoms with Crippen LogP contribution in [0.1, 0.15) is 12.8 Å². The number of nitrogens with zero attached hydrogens (tertiary/aromatic N) is 1. The molecule has 0 spiro atoms. The van der Waals surface area contributed by atoms with Crippen LogP contribution < -0.4 is 5.73 Å². The summed E-state index contributed by atoms with van der Waals surface area (Å²) in [5, 5.41) is 0. The molecule has 1 saturated heterocycles. The van der Waals surface area contributed by atoms with Gasteiger partial charge in [-0.3, -0.25) is 0 Å². The molecule has 0 radical (unpaired) electrons. The average Bonchev–Trinajstić information content (AvgIpc) is 2.33. The largest absolute Gasteiger partial charge is 0.374 e. The van der Waals surface area contributed by atoms with E-state index in [0.29, 0.717) is 6.04 Å². The number of likely N-dealkylation sites (tertiary alicyclic amines) is 1. The molecule has 1 fully saturated rings. The van der Waals surface area contributed by atoms with Crippen LogP contribution >= 0.6 is 0 Å². The quantitative estimate of drug-likeness (QED) is 0.585. The molecule has 1 atom stereocenters. The topological polar surface area (TPSA) is 29.3 Å². The molecular formula is C7H14N2. The lowest BCUT2D eigenvalue weighted by atomic mass is 10.2. The van der Waals surface area contributed by atoms with Gasteiger partial charge in [0.2, 0.25) is 0 Å². The van der Waals surface area contributed by atoms with E-state index in [2.05, 4.69) is 11.5 Å². The zero-order valence-electron chi connectivity index (χ0n) is 5.71. The van der Waals surface area contributed by atoms with Crippen LogP contribution in [0.5, 0.6) is 0 Å². The van der Waals surface area contributed by atoms with Crippen molar-refractivity contribution in [2.45, 2.75) is 18.9 Å². The minimum absolute atomic E-state index is 0.572. The first-order valence-electron chi connectivity index (χ1n) is 3.47. The molecule has 0 bridgehead atoms. The van der Waals surface area contributed by atoms with E-state index < -0.39 is 0 Å². The molecule has 1 aliphatic heterocycles. The fourth-order valence-corrected chi connectivity index (χ4v) is 1.35. The molecule has 1 rings (SSSR count). The van der Waals surface area contributed by atoms with Gasteiger partial charge in [-0.05, 0) is 19.0 Å². The Morgan fingerprint density at radius 1 is 1.78 bits per heavy atom. The van der Waals surface area contributed by atoms with E-state index in [-0.39, 0.29) is 0 Å². The van der Waals surface area contributed by atoms with Gasteiger partial charge >= 0.3 is 0 Å². The summed E-state index contributed by atoms with van der Waals surface area (Å²) in [6, 6.07) is 0.572. The molecule has 2 N–H and O–H groups in total. The molecule has 0 unspecified atom stereocenters. The van der Waals surface area contributed by atoms with E-state index in [0.717, 1.165) is 13.1 Å². The molecule has 2 heteroatoms. The summed E-state index contributed by atoms with van der Waals surface area (Å²) in [5.74, 6) is 0. The highest BCUT2D eigenvalue weighted by molar-refractivity contribution is 4.85. The minimum atomic E-state index is 0.572. The smallest absolute Gasteiger partial charge is 0.0407 e. The van der Waals surface area contributed by atoms with Gasteiger partial charge in [0.1, 0.15) is 0 Å². The summed E-state index contributed by atoms with van der Waals surface area (Å²) in [5.41, 5.74) is 5.51. The third kappa shape index (κ3) is 1.24. The SMILES string of the molecule is C=CN1CCC[C@H]1CN. The van der Waals surface area contributed by atoms with Crippen molar-refractivity contribution in [3.63, 3.8) is 0 Å². The van der Waals surface area contributed by atoms with Gasteiger partial charge in [-0.15, -0.1) is 0 Å². The Kier molecular flexibility index (Phi) is 2.11. The Hall–Kier alpha value is -0.500. The van der Waals surface area contributed by atoms with Crippen molar-refractivity contribution < 1.29 is 0 Å². The van der Waals surface area contributed by atoms with Gasteiger partial charge in [-0.1, -0.05) is 6.58 Å². The summed E-state index contributed by atoms with van der Waals surface area (Å²) >= 11 is 0. The van der Waals surface area contributed by atoms with Crippen molar-refractivity contribution in [1.29, 1.82) is 0 Å². The van der Waals surface area contributed by atoms with Gasteiger partial charge in [0, 0.05) is 19.1 Å². The van der Waals surface area contributed by atoms with Gasteiger partial charge < -0.3 is 10.6 Å². The maximum Gasteiger partial charge on any atom is 0.0407 e. The number of nitrogens with two attached hydrogens (primary N) is 1. The lowest BCUT2D eigenvalue weighted by Crippen LogP contribution is -2.30. The highest BCUT2D eigenvalue weighted by Gasteiger charge is 2.18. The van der Waals surface area contributed by atoms with Gasteiger partial charge in [0.15, 0.2) is 0 Å². The van der Waals surface area contributed by atoms with Crippen LogP contribution in [-0.2, 0) is 0 Å². The fourth-order valence-electron chi connectivity index (χ4n) is 1.35. The van der Waals surface area contributed by atoms with Crippen molar-refractivity contribution in [2.75, 3.05) is 13.1 Å². The van der Waals surface area contributed by atoms with E-state index in [1.165, 1.54) is 12.8 Å². The van der Waals surface area contributed by atoms with Crippen molar-refractivity contribution in [3.8, 4) is 0 Å². The van der Waals surface area contributed by atoms with E-state index in [9.17, 15) is 0 Å². The Bertz CT molecular complexity index is 101. The molecule has 1 heterocycles. The Morgan fingerprint density at radius 3 is 3.00 bits per heavy atom. The van der Waals surface area contributed by atoms with Gasteiger partial charge in [-0.25, -0.2) is 0 Å². The fraction of sp³-hybridized carbons (Fsp3) is 0.714. The summed E-state index contributed by atoms with van der Waals surface area (Å²) in [6.07, 6.45) is 4.40. The lowest BCUT2D eigenvalue weighted by Gasteiger charge is -2.19. The predicted molar refractivity (Wildman–Crippen MR) is 39.0 cm³/mol.